The van der Waals surface area contributed by atoms with Crippen molar-refractivity contribution in [3.05, 3.63) is 81.7 Å². The molecule has 0 spiro atoms. The minimum absolute atomic E-state index is 0.0226. The van der Waals surface area contributed by atoms with E-state index in [-0.39, 0.29) is 18.5 Å². The summed E-state index contributed by atoms with van der Waals surface area (Å²) in [5.74, 6) is -2.68. The Kier molecular flexibility index (Phi) is 8.04. The van der Waals surface area contributed by atoms with E-state index in [0.717, 1.165) is 33.5 Å². The number of nitrogens with zero attached hydrogens (tertiary/aromatic N) is 3. The lowest BCUT2D eigenvalue weighted by Gasteiger charge is -2.17. The van der Waals surface area contributed by atoms with Crippen LogP contribution in [-0.4, -0.2) is 29.7 Å². The van der Waals surface area contributed by atoms with Gasteiger partial charge in [0.1, 0.15) is 5.84 Å². The number of alkyl halides is 5. The van der Waals surface area contributed by atoms with Crippen molar-refractivity contribution in [2.45, 2.75) is 32.0 Å². The first-order valence-electron chi connectivity index (χ1n) is 10.7. The number of nitrogens with one attached hydrogen (secondary N) is 1. The van der Waals surface area contributed by atoms with Crippen molar-refractivity contribution in [3.8, 4) is 0 Å². The molecule has 0 aliphatic carbocycles. The topological polar surface area (TPSA) is 42.2 Å². The van der Waals surface area contributed by atoms with Gasteiger partial charge in [0.05, 0.1) is 22.2 Å². The molecule has 0 saturated heterocycles. The van der Waals surface area contributed by atoms with E-state index in [9.17, 15) is 22.0 Å². The summed E-state index contributed by atoms with van der Waals surface area (Å²) in [5.41, 5.74) is -0.181. The SMILES string of the molecule is C=CS/C(=C\c1cccc2c1cnn2CCc1ccc(C(C)(F)F)cc1C(F)(F)F)C(=NC)NC. The molecule has 0 amide bonds. The molecule has 0 atom stereocenters. The van der Waals surface area contributed by atoms with Crippen LogP contribution in [0.25, 0.3) is 17.0 Å². The molecule has 1 heterocycles. The summed E-state index contributed by atoms with van der Waals surface area (Å²) in [6.45, 7) is 4.48. The van der Waals surface area contributed by atoms with Crippen LogP contribution < -0.4 is 5.32 Å². The number of aryl methyl sites for hydroxylation is 2. The molecule has 0 radical (unpaired) electrons. The number of likely N-dealkylation sites (N-methyl/N-ethyl adjacent to an activating group) is 1. The fraction of sp³-hybridized carbons (Fsp3) is 0.280. The maximum Gasteiger partial charge on any atom is 0.416 e. The van der Waals surface area contributed by atoms with Crippen LogP contribution in [0.5, 0.6) is 0 Å². The van der Waals surface area contributed by atoms with Crippen LogP contribution in [0.15, 0.2) is 64.5 Å². The summed E-state index contributed by atoms with van der Waals surface area (Å²) in [7, 11) is 3.44. The fourth-order valence-corrected chi connectivity index (χ4v) is 4.40. The molecule has 0 aliphatic heterocycles. The van der Waals surface area contributed by atoms with Gasteiger partial charge in [0.2, 0.25) is 0 Å². The number of rotatable bonds is 8. The number of thioether (sulfide) groups is 1. The largest absolute Gasteiger partial charge is 0.416 e. The standard InChI is InChI=1S/C25H25F5N4S/c1-5-35-22(23(31-3)32-4)13-17-7-6-8-21-19(17)15-33-34(21)12-11-16-9-10-18(24(2,26)27)14-20(16)25(28,29)30/h5-10,13-15H,1,11-12H2,2-4H3,(H,31,32)/b22-13-. The van der Waals surface area contributed by atoms with Crippen molar-refractivity contribution in [2.24, 2.45) is 4.99 Å². The highest BCUT2D eigenvalue weighted by molar-refractivity contribution is 8.06. The van der Waals surface area contributed by atoms with Gasteiger partial charge in [-0.25, -0.2) is 8.78 Å². The highest BCUT2D eigenvalue weighted by Gasteiger charge is 2.36. The number of aromatic nitrogens is 2. The van der Waals surface area contributed by atoms with Gasteiger partial charge >= 0.3 is 6.18 Å². The Morgan fingerprint density at radius 1 is 1.20 bits per heavy atom. The summed E-state index contributed by atoms with van der Waals surface area (Å²) in [5, 5.41) is 9.91. The molecule has 0 fully saturated rings. The highest BCUT2D eigenvalue weighted by Crippen LogP contribution is 2.37. The number of halogens is 5. The molecule has 1 N–H and O–H groups in total. The maximum absolute atomic E-state index is 13.6. The summed E-state index contributed by atoms with van der Waals surface area (Å²) < 4.78 is 69.6. The quantitative estimate of drug-likeness (QED) is 0.205. The predicted octanol–water partition coefficient (Wildman–Crippen LogP) is 6.87. The second-order valence-electron chi connectivity index (χ2n) is 7.77. The minimum Gasteiger partial charge on any atom is -0.373 e. The smallest absolute Gasteiger partial charge is 0.373 e. The van der Waals surface area contributed by atoms with E-state index < -0.39 is 23.2 Å². The number of benzene rings is 2. The Balaban J connectivity index is 1.95. The lowest BCUT2D eigenvalue weighted by molar-refractivity contribution is -0.138. The third kappa shape index (κ3) is 6.11. The first kappa shape index (κ1) is 26.5. The van der Waals surface area contributed by atoms with E-state index in [0.29, 0.717) is 18.8 Å². The van der Waals surface area contributed by atoms with Gasteiger partial charge in [-0.05, 0) is 41.2 Å². The van der Waals surface area contributed by atoms with Gasteiger partial charge in [0.25, 0.3) is 5.92 Å². The van der Waals surface area contributed by atoms with Gasteiger partial charge < -0.3 is 5.32 Å². The number of amidine groups is 1. The summed E-state index contributed by atoms with van der Waals surface area (Å²) >= 11 is 1.40. The molecule has 10 heteroatoms. The van der Waals surface area contributed by atoms with Gasteiger partial charge in [-0.1, -0.05) is 42.6 Å². The molecule has 186 valence electrons. The number of fused-ring (bicyclic) bond motifs is 1. The Morgan fingerprint density at radius 3 is 2.54 bits per heavy atom. The Bertz CT molecular complexity index is 1270. The van der Waals surface area contributed by atoms with Gasteiger partial charge in [0, 0.05) is 38.5 Å². The number of hydrogen-bond acceptors (Lipinski definition) is 3. The molecule has 1 aromatic heterocycles. The maximum atomic E-state index is 13.6. The first-order chi connectivity index (χ1) is 16.5. The van der Waals surface area contributed by atoms with Crippen LogP contribution in [0.3, 0.4) is 0 Å². The third-order valence-corrected chi connectivity index (χ3v) is 6.16. The van der Waals surface area contributed by atoms with Crippen molar-refractivity contribution in [3.63, 3.8) is 0 Å². The van der Waals surface area contributed by atoms with Gasteiger partial charge in [-0.2, -0.15) is 18.3 Å². The van der Waals surface area contributed by atoms with Gasteiger partial charge in [-0.3, -0.25) is 9.67 Å². The van der Waals surface area contributed by atoms with E-state index in [4.69, 9.17) is 0 Å². The lowest BCUT2D eigenvalue weighted by Crippen LogP contribution is -2.18. The average Bonchev–Trinajstić information content (AvgIpc) is 3.21. The molecular weight excluding hydrogens is 483 g/mol. The van der Waals surface area contributed by atoms with Crippen molar-refractivity contribution in [1.82, 2.24) is 15.1 Å². The average molecular weight is 509 g/mol. The zero-order valence-corrected chi connectivity index (χ0v) is 20.3. The number of aliphatic imine (C=N–C) groups is 1. The zero-order chi connectivity index (χ0) is 25.8. The van der Waals surface area contributed by atoms with E-state index in [2.05, 4.69) is 22.0 Å². The zero-order valence-electron chi connectivity index (χ0n) is 19.5. The highest BCUT2D eigenvalue weighted by atomic mass is 32.2. The van der Waals surface area contributed by atoms with Crippen molar-refractivity contribution in [2.75, 3.05) is 14.1 Å². The van der Waals surface area contributed by atoms with Crippen molar-refractivity contribution >= 4 is 34.6 Å². The van der Waals surface area contributed by atoms with Crippen LogP contribution in [0.4, 0.5) is 22.0 Å². The van der Waals surface area contributed by atoms with Crippen LogP contribution in [-0.2, 0) is 25.1 Å². The molecular formula is C25H25F5N4S. The summed E-state index contributed by atoms with van der Waals surface area (Å²) in [6, 6.07) is 8.28. The lowest BCUT2D eigenvalue weighted by atomic mass is 9.98. The van der Waals surface area contributed by atoms with Gasteiger partial charge in [-0.15, -0.1) is 0 Å². The van der Waals surface area contributed by atoms with Crippen molar-refractivity contribution < 1.29 is 22.0 Å². The van der Waals surface area contributed by atoms with Crippen LogP contribution >= 0.6 is 11.8 Å². The van der Waals surface area contributed by atoms with Crippen LogP contribution in [0, 0.1) is 0 Å². The molecule has 0 bridgehead atoms. The van der Waals surface area contributed by atoms with E-state index in [1.165, 1.54) is 11.8 Å². The van der Waals surface area contributed by atoms with E-state index >= 15 is 0 Å². The number of hydrogen-bond donors (Lipinski definition) is 1. The van der Waals surface area contributed by atoms with Crippen molar-refractivity contribution in [1.29, 1.82) is 0 Å². The summed E-state index contributed by atoms with van der Waals surface area (Å²) in [6.07, 6.45) is -1.17. The molecule has 2 aromatic carbocycles. The normalized spacial score (nSPS) is 13.4. The molecule has 0 unspecified atom stereocenters. The van der Waals surface area contributed by atoms with Gasteiger partial charge in [0.15, 0.2) is 0 Å². The second-order valence-corrected chi connectivity index (χ2v) is 8.78. The Morgan fingerprint density at radius 2 is 1.94 bits per heavy atom. The fourth-order valence-electron chi connectivity index (χ4n) is 3.72. The monoisotopic (exact) mass is 508 g/mol. The van der Waals surface area contributed by atoms with E-state index in [1.54, 1.807) is 30.4 Å². The first-order valence-corrected chi connectivity index (χ1v) is 11.5. The van der Waals surface area contributed by atoms with E-state index in [1.807, 2.05) is 24.3 Å². The molecule has 4 nitrogen and oxygen atoms in total. The molecule has 0 aliphatic rings. The molecule has 0 saturated carbocycles. The summed E-state index contributed by atoms with van der Waals surface area (Å²) in [4.78, 5) is 5.07. The van der Waals surface area contributed by atoms with Crippen LogP contribution in [0.2, 0.25) is 0 Å². The molecule has 3 rings (SSSR count). The molecule has 35 heavy (non-hydrogen) atoms. The minimum atomic E-state index is -4.74. The Hall–Kier alpha value is -3.14. The Labute approximate surface area is 204 Å². The van der Waals surface area contributed by atoms with Crippen LogP contribution in [0.1, 0.15) is 29.2 Å². The third-order valence-electron chi connectivity index (χ3n) is 5.43. The molecule has 3 aromatic rings. The second kappa shape index (κ2) is 10.6. The predicted molar refractivity (Wildman–Crippen MR) is 133 cm³/mol.